The van der Waals surface area contributed by atoms with Crippen LogP contribution in [0, 0.1) is 5.92 Å². The topological polar surface area (TPSA) is 74.1 Å². The van der Waals surface area contributed by atoms with Crippen molar-refractivity contribution in [1.29, 1.82) is 0 Å². The summed E-state index contributed by atoms with van der Waals surface area (Å²) in [7, 11) is -3.49. The SMILES string of the molecule is COc1ccccc1-c1c(S(=O)(=O)F)nnn1CC1CCCCC1. The molecule has 0 amide bonds. The molecule has 8 heteroatoms. The van der Waals surface area contributed by atoms with E-state index < -0.39 is 15.2 Å². The molecular weight excluding hydrogens is 333 g/mol. The third kappa shape index (κ3) is 3.43. The highest BCUT2D eigenvalue weighted by Crippen LogP contribution is 2.35. The van der Waals surface area contributed by atoms with Gasteiger partial charge in [-0.2, -0.15) is 8.42 Å². The van der Waals surface area contributed by atoms with Crippen molar-refractivity contribution in [3.05, 3.63) is 24.3 Å². The molecule has 0 radical (unpaired) electrons. The van der Waals surface area contributed by atoms with E-state index >= 15 is 0 Å². The lowest BCUT2D eigenvalue weighted by Crippen LogP contribution is -2.16. The number of ether oxygens (including phenoxy) is 1. The molecule has 0 spiro atoms. The molecule has 1 aromatic carbocycles. The summed E-state index contributed by atoms with van der Waals surface area (Å²) in [6, 6.07) is 6.89. The number of para-hydroxylation sites is 1. The number of aromatic nitrogens is 3. The highest BCUT2D eigenvalue weighted by atomic mass is 32.3. The molecule has 2 aromatic rings. The van der Waals surface area contributed by atoms with E-state index in [0.717, 1.165) is 25.7 Å². The average molecular weight is 353 g/mol. The van der Waals surface area contributed by atoms with E-state index in [9.17, 15) is 12.3 Å². The van der Waals surface area contributed by atoms with Crippen molar-refractivity contribution in [3.8, 4) is 17.0 Å². The van der Waals surface area contributed by atoms with Gasteiger partial charge in [-0.25, -0.2) is 4.68 Å². The lowest BCUT2D eigenvalue weighted by Gasteiger charge is -2.22. The van der Waals surface area contributed by atoms with E-state index in [4.69, 9.17) is 4.74 Å². The minimum Gasteiger partial charge on any atom is -0.496 e. The van der Waals surface area contributed by atoms with Crippen molar-refractivity contribution >= 4 is 10.2 Å². The third-order valence-corrected chi connectivity index (χ3v) is 5.19. The molecule has 1 aromatic heterocycles. The predicted octanol–water partition coefficient (Wildman–Crippen LogP) is 3.19. The van der Waals surface area contributed by atoms with Crippen molar-refractivity contribution in [1.82, 2.24) is 15.0 Å². The Morgan fingerprint density at radius 1 is 1.25 bits per heavy atom. The molecule has 0 bridgehead atoms. The molecule has 0 unspecified atom stereocenters. The van der Waals surface area contributed by atoms with E-state index in [1.165, 1.54) is 18.2 Å². The maximum atomic E-state index is 13.7. The monoisotopic (exact) mass is 353 g/mol. The van der Waals surface area contributed by atoms with Crippen molar-refractivity contribution in [2.45, 2.75) is 43.7 Å². The van der Waals surface area contributed by atoms with Crippen LogP contribution in [0.4, 0.5) is 3.89 Å². The number of rotatable bonds is 5. The average Bonchev–Trinajstić information content (AvgIpc) is 2.99. The molecule has 3 rings (SSSR count). The second-order valence-corrected chi connectivity index (χ2v) is 7.33. The first-order valence-electron chi connectivity index (χ1n) is 8.02. The van der Waals surface area contributed by atoms with Gasteiger partial charge in [-0.1, -0.05) is 40.5 Å². The molecule has 6 nitrogen and oxygen atoms in total. The Hall–Kier alpha value is -1.96. The molecule has 1 aliphatic carbocycles. The Morgan fingerprint density at radius 2 is 1.96 bits per heavy atom. The fourth-order valence-electron chi connectivity index (χ4n) is 3.30. The summed E-state index contributed by atoms with van der Waals surface area (Å²) >= 11 is 0. The van der Waals surface area contributed by atoms with Crippen LogP contribution < -0.4 is 4.74 Å². The molecule has 0 aliphatic heterocycles. The molecule has 130 valence electrons. The number of nitrogens with zero attached hydrogens (tertiary/aromatic N) is 3. The Morgan fingerprint density at radius 3 is 2.62 bits per heavy atom. The lowest BCUT2D eigenvalue weighted by atomic mass is 9.89. The number of halogens is 1. The van der Waals surface area contributed by atoms with Gasteiger partial charge in [-0.05, 0) is 30.9 Å². The van der Waals surface area contributed by atoms with E-state index in [0.29, 0.717) is 23.8 Å². The maximum Gasteiger partial charge on any atom is 0.353 e. The smallest absolute Gasteiger partial charge is 0.353 e. The molecule has 24 heavy (non-hydrogen) atoms. The van der Waals surface area contributed by atoms with Gasteiger partial charge in [-0.3, -0.25) is 0 Å². The van der Waals surface area contributed by atoms with Crippen LogP contribution >= 0.6 is 0 Å². The van der Waals surface area contributed by atoms with Crippen molar-refractivity contribution in [2.75, 3.05) is 7.11 Å². The van der Waals surface area contributed by atoms with Gasteiger partial charge < -0.3 is 4.74 Å². The van der Waals surface area contributed by atoms with Gasteiger partial charge >= 0.3 is 10.2 Å². The molecule has 1 saturated carbocycles. The normalized spacial score (nSPS) is 16.2. The van der Waals surface area contributed by atoms with Crippen LogP contribution in [0.1, 0.15) is 32.1 Å². The van der Waals surface area contributed by atoms with Crippen LogP contribution in [0.25, 0.3) is 11.3 Å². The van der Waals surface area contributed by atoms with Crippen molar-refractivity contribution < 1.29 is 17.0 Å². The zero-order valence-electron chi connectivity index (χ0n) is 13.5. The fraction of sp³-hybridized carbons (Fsp3) is 0.500. The van der Waals surface area contributed by atoms with Gasteiger partial charge in [0.1, 0.15) is 11.4 Å². The first-order valence-corrected chi connectivity index (χ1v) is 9.40. The van der Waals surface area contributed by atoms with Gasteiger partial charge in [-0.15, -0.1) is 5.10 Å². The summed E-state index contributed by atoms with van der Waals surface area (Å²) in [6.45, 7) is 0.524. The molecular formula is C16H20FN3O3S. The summed E-state index contributed by atoms with van der Waals surface area (Å²) in [4.78, 5) is 0. The summed E-state index contributed by atoms with van der Waals surface area (Å²) in [5.41, 5.74) is 0.623. The molecule has 0 atom stereocenters. The first kappa shape index (κ1) is 16.9. The Kier molecular flexibility index (Phi) is 4.84. The Balaban J connectivity index is 2.08. The highest BCUT2D eigenvalue weighted by Gasteiger charge is 2.29. The predicted molar refractivity (Wildman–Crippen MR) is 86.9 cm³/mol. The highest BCUT2D eigenvalue weighted by molar-refractivity contribution is 7.86. The number of hydrogen-bond donors (Lipinski definition) is 0. The summed E-state index contributed by atoms with van der Waals surface area (Å²) in [5.74, 6) is 0.846. The second kappa shape index (κ2) is 6.88. The Bertz CT molecular complexity index is 814. The molecule has 1 aliphatic rings. The van der Waals surface area contributed by atoms with Crippen LogP contribution in [0.5, 0.6) is 5.75 Å². The standard InChI is InChI=1S/C16H20FN3O3S/c1-23-14-10-6-5-9-13(14)15-16(24(17,21)22)18-19-20(15)11-12-7-3-2-4-8-12/h5-6,9-10,12H,2-4,7-8,11H2,1H3. The lowest BCUT2D eigenvalue weighted by molar-refractivity contribution is 0.307. The fourth-order valence-corrected chi connectivity index (χ4v) is 3.88. The van der Waals surface area contributed by atoms with Crippen molar-refractivity contribution in [2.24, 2.45) is 5.92 Å². The largest absolute Gasteiger partial charge is 0.496 e. The van der Waals surface area contributed by atoms with Gasteiger partial charge in [0.15, 0.2) is 0 Å². The number of benzene rings is 1. The minimum atomic E-state index is -4.98. The van der Waals surface area contributed by atoms with Gasteiger partial charge in [0.2, 0.25) is 5.03 Å². The quantitative estimate of drug-likeness (QED) is 0.772. The molecule has 0 saturated heterocycles. The van der Waals surface area contributed by atoms with Crippen LogP contribution in [0.2, 0.25) is 0 Å². The first-order chi connectivity index (χ1) is 11.5. The number of hydrogen-bond acceptors (Lipinski definition) is 5. The number of methoxy groups -OCH3 is 1. The van der Waals surface area contributed by atoms with E-state index in [1.807, 2.05) is 0 Å². The van der Waals surface area contributed by atoms with Crippen molar-refractivity contribution in [3.63, 3.8) is 0 Å². The van der Waals surface area contributed by atoms with E-state index in [2.05, 4.69) is 10.3 Å². The minimum absolute atomic E-state index is 0.153. The summed E-state index contributed by atoms with van der Waals surface area (Å²) < 4.78 is 43.5. The third-order valence-electron chi connectivity index (χ3n) is 4.45. The van der Waals surface area contributed by atoms with Crippen LogP contribution in [-0.2, 0) is 16.8 Å². The molecule has 1 fully saturated rings. The van der Waals surface area contributed by atoms with Gasteiger partial charge in [0.05, 0.1) is 7.11 Å². The zero-order chi connectivity index (χ0) is 17.2. The van der Waals surface area contributed by atoms with E-state index in [-0.39, 0.29) is 5.69 Å². The zero-order valence-corrected chi connectivity index (χ0v) is 14.3. The Labute approximate surface area is 140 Å². The van der Waals surface area contributed by atoms with Gasteiger partial charge in [0.25, 0.3) is 0 Å². The van der Waals surface area contributed by atoms with Gasteiger partial charge in [0, 0.05) is 12.1 Å². The summed E-state index contributed by atoms with van der Waals surface area (Å²) in [5, 5.41) is 6.87. The van der Waals surface area contributed by atoms with Crippen LogP contribution in [0.15, 0.2) is 29.3 Å². The molecule has 0 N–H and O–H groups in total. The van der Waals surface area contributed by atoms with Crippen LogP contribution in [-0.4, -0.2) is 30.5 Å². The summed E-state index contributed by atoms with van der Waals surface area (Å²) in [6.07, 6.45) is 5.64. The van der Waals surface area contributed by atoms with Crippen LogP contribution in [0.3, 0.4) is 0 Å². The maximum absolute atomic E-state index is 13.7. The molecule has 1 heterocycles. The second-order valence-electron chi connectivity index (χ2n) is 6.07. The van der Waals surface area contributed by atoms with E-state index in [1.54, 1.807) is 24.3 Å².